The van der Waals surface area contributed by atoms with Crippen molar-refractivity contribution in [3.8, 4) is 0 Å². The first-order valence-electron chi connectivity index (χ1n) is 5.12. The summed E-state index contributed by atoms with van der Waals surface area (Å²) in [5.74, 6) is 0.587. The standard InChI is InChI=1S/C12H12ClNOS2/c13-11-8-9(14)3-4-12(11)17(15)7-5-10-2-1-6-16-10/h1-4,6,8H,5,7,14H2. The minimum atomic E-state index is -1.07. The minimum absolute atomic E-state index is 0.481. The summed E-state index contributed by atoms with van der Waals surface area (Å²) in [6.07, 6.45) is 0.810. The monoisotopic (exact) mass is 285 g/mol. The molecule has 2 aromatic rings. The zero-order valence-electron chi connectivity index (χ0n) is 9.06. The summed E-state index contributed by atoms with van der Waals surface area (Å²) in [5.41, 5.74) is 6.19. The van der Waals surface area contributed by atoms with E-state index in [9.17, 15) is 4.21 Å². The molecule has 0 fully saturated rings. The van der Waals surface area contributed by atoms with Crippen molar-refractivity contribution >= 4 is 39.4 Å². The predicted octanol–water partition coefficient (Wildman–Crippen LogP) is 3.33. The number of halogens is 1. The average Bonchev–Trinajstić information content (AvgIpc) is 2.78. The SMILES string of the molecule is Nc1ccc(S(=O)CCc2cccs2)c(Cl)c1. The van der Waals surface area contributed by atoms with Gasteiger partial charge in [0.05, 0.1) is 20.7 Å². The molecule has 5 heteroatoms. The lowest BCUT2D eigenvalue weighted by Gasteiger charge is -2.04. The molecule has 2 nitrogen and oxygen atoms in total. The van der Waals surface area contributed by atoms with Crippen LogP contribution >= 0.6 is 22.9 Å². The molecule has 2 N–H and O–H groups in total. The van der Waals surface area contributed by atoms with Crippen molar-refractivity contribution in [1.82, 2.24) is 0 Å². The number of rotatable bonds is 4. The number of nitrogens with two attached hydrogens (primary N) is 1. The Bertz CT molecular complexity index is 525. The van der Waals surface area contributed by atoms with Crippen LogP contribution in [0.4, 0.5) is 5.69 Å². The van der Waals surface area contributed by atoms with E-state index in [4.69, 9.17) is 17.3 Å². The van der Waals surface area contributed by atoms with E-state index in [1.807, 2.05) is 17.5 Å². The Morgan fingerprint density at radius 3 is 2.82 bits per heavy atom. The first-order chi connectivity index (χ1) is 8.16. The molecule has 0 bridgehead atoms. The summed E-state index contributed by atoms with van der Waals surface area (Å²) < 4.78 is 12.1. The van der Waals surface area contributed by atoms with E-state index < -0.39 is 10.8 Å². The molecule has 90 valence electrons. The van der Waals surface area contributed by atoms with Crippen LogP contribution in [-0.4, -0.2) is 9.96 Å². The molecule has 1 atom stereocenters. The number of aryl methyl sites for hydroxylation is 1. The highest BCUT2D eigenvalue weighted by atomic mass is 35.5. The van der Waals surface area contributed by atoms with Gasteiger partial charge in [0.1, 0.15) is 0 Å². The van der Waals surface area contributed by atoms with Gasteiger partial charge in [-0.2, -0.15) is 0 Å². The maximum atomic E-state index is 12.1. The summed E-state index contributed by atoms with van der Waals surface area (Å²) in [7, 11) is -1.07. The molecule has 1 aromatic heterocycles. The molecule has 0 aliphatic rings. The van der Waals surface area contributed by atoms with Gasteiger partial charge >= 0.3 is 0 Å². The third-order valence-electron chi connectivity index (χ3n) is 2.32. The van der Waals surface area contributed by atoms with E-state index in [0.717, 1.165) is 6.42 Å². The van der Waals surface area contributed by atoms with Crippen LogP contribution in [0.1, 0.15) is 4.88 Å². The first kappa shape index (κ1) is 12.6. The van der Waals surface area contributed by atoms with Gasteiger partial charge in [-0.25, -0.2) is 0 Å². The second-order valence-corrected chi connectivity index (χ2v) is 6.55. The summed E-state index contributed by atoms with van der Waals surface area (Å²) >= 11 is 7.69. The van der Waals surface area contributed by atoms with Crippen molar-refractivity contribution in [2.75, 3.05) is 11.5 Å². The molecule has 0 radical (unpaired) electrons. The number of thiophene rings is 1. The summed E-state index contributed by atoms with van der Waals surface area (Å²) in [4.78, 5) is 1.90. The second kappa shape index (κ2) is 5.67. The lowest BCUT2D eigenvalue weighted by Crippen LogP contribution is -2.01. The van der Waals surface area contributed by atoms with Crippen LogP contribution in [0.15, 0.2) is 40.6 Å². The van der Waals surface area contributed by atoms with Crippen LogP contribution in [0.2, 0.25) is 5.02 Å². The average molecular weight is 286 g/mol. The van der Waals surface area contributed by atoms with Gasteiger partial charge in [0.2, 0.25) is 0 Å². The number of nitrogen functional groups attached to an aromatic ring is 1. The van der Waals surface area contributed by atoms with E-state index >= 15 is 0 Å². The molecule has 1 unspecified atom stereocenters. The predicted molar refractivity (Wildman–Crippen MR) is 75.2 cm³/mol. The molecule has 1 aromatic carbocycles. The Morgan fingerprint density at radius 2 is 2.18 bits per heavy atom. The Balaban J connectivity index is 2.04. The second-order valence-electron chi connectivity index (χ2n) is 3.57. The molecule has 17 heavy (non-hydrogen) atoms. The molecule has 2 rings (SSSR count). The Labute approximate surface area is 112 Å². The highest BCUT2D eigenvalue weighted by molar-refractivity contribution is 7.85. The zero-order chi connectivity index (χ0) is 12.3. The van der Waals surface area contributed by atoms with Crippen molar-refractivity contribution in [3.63, 3.8) is 0 Å². The van der Waals surface area contributed by atoms with Gasteiger partial charge in [0, 0.05) is 16.3 Å². The van der Waals surface area contributed by atoms with Gasteiger partial charge in [0.25, 0.3) is 0 Å². The lowest BCUT2D eigenvalue weighted by atomic mass is 10.3. The maximum Gasteiger partial charge on any atom is 0.0587 e. The van der Waals surface area contributed by atoms with Crippen molar-refractivity contribution in [3.05, 3.63) is 45.6 Å². The normalized spacial score (nSPS) is 12.5. The van der Waals surface area contributed by atoms with E-state index in [0.29, 0.717) is 21.4 Å². The Hall–Kier alpha value is -0.840. The highest BCUT2D eigenvalue weighted by Gasteiger charge is 2.09. The van der Waals surface area contributed by atoms with Gasteiger partial charge in [-0.15, -0.1) is 11.3 Å². The fraction of sp³-hybridized carbons (Fsp3) is 0.167. The molecule has 0 aliphatic carbocycles. The smallest absolute Gasteiger partial charge is 0.0587 e. The third kappa shape index (κ3) is 3.31. The molecule has 0 spiro atoms. The van der Waals surface area contributed by atoms with E-state index in [-0.39, 0.29) is 0 Å². The number of hydrogen-bond acceptors (Lipinski definition) is 3. The highest BCUT2D eigenvalue weighted by Crippen LogP contribution is 2.23. The topological polar surface area (TPSA) is 43.1 Å². The minimum Gasteiger partial charge on any atom is -0.399 e. The van der Waals surface area contributed by atoms with E-state index in [1.54, 1.807) is 29.5 Å². The van der Waals surface area contributed by atoms with Crippen molar-refractivity contribution in [2.45, 2.75) is 11.3 Å². The fourth-order valence-corrected chi connectivity index (χ4v) is 3.87. The van der Waals surface area contributed by atoms with Crippen molar-refractivity contribution in [2.24, 2.45) is 0 Å². The Kier molecular flexibility index (Phi) is 4.20. The first-order valence-corrected chi connectivity index (χ1v) is 7.70. The van der Waals surface area contributed by atoms with Gasteiger partial charge in [-0.1, -0.05) is 17.7 Å². The number of anilines is 1. The summed E-state index contributed by atoms with van der Waals surface area (Å²) in [6.45, 7) is 0. The molecule has 0 saturated carbocycles. The van der Waals surface area contributed by atoms with Gasteiger partial charge < -0.3 is 5.73 Å². The van der Waals surface area contributed by atoms with Crippen LogP contribution in [-0.2, 0) is 17.2 Å². The fourth-order valence-electron chi connectivity index (χ4n) is 1.46. The van der Waals surface area contributed by atoms with Crippen LogP contribution in [0, 0.1) is 0 Å². The van der Waals surface area contributed by atoms with Gasteiger partial charge in [-0.3, -0.25) is 4.21 Å². The molecule has 0 amide bonds. The van der Waals surface area contributed by atoms with E-state index in [2.05, 4.69) is 0 Å². The van der Waals surface area contributed by atoms with Crippen molar-refractivity contribution < 1.29 is 4.21 Å². The quantitative estimate of drug-likeness (QED) is 0.876. The van der Waals surface area contributed by atoms with Crippen molar-refractivity contribution in [1.29, 1.82) is 0 Å². The largest absolute Gasteiger partial charge is 0.399 e. The van der Waals surface area contributed by atoms with Gasteiger partial charge in [-0.05, 0) is 36.1 Å². The van der Waals surface area contributed by atoms with Crippen LogP contribution < -0.4 is 5.73 Å². The molecule has 1 heterocycles. The molecule has 0 aliphatic heterocycles. The zero-order valence-corrected chi connectivity index (χ0v) is 11.4. The maximum absolute atomic E-state index is 12.1. The number of hydrogen-bond donors (Lipinski definition) is 1. The van der Waals surface area contributed by atoms with Crippen LogP contribution in [0.25, 0.3) is 0 Å². The molecular formula is C12H12ClNOS2. The Morgan fingerprint density at radius 1 is 1.35 bits per heavy atom. The number of benzene rings is 1. The third-order valence-corrected chi connectivity index (χ3v) is 5.10. The summed E-state index contributed by atoms with van der Waals surface area (Å²) in [6, 6.07) is 9.15. The van der Waals surface area contributed by atoms with Crippen LogP contribution in [0.5, 0.6) is 0 Å². The van der Waals surface area contributed by atoms with Crippen LogP contribution in [0.3, 0.4) is 0 Å². The lowest BCUT2D eigenvalue weighted by molar-refractivity contribution is 0.682. The van der Waals surface area contributed by atoms with Gasteiger partial charge in [0.15, 0.2) is 0 Å². The van der Waals surface area contributed by atoms with E-state index in [1.165, 1.54) is 4.88 Å². The molecule has 0 saturated heterocycles. The molecular weight excluding hydrogens is 274 g/mol. The summed E-state index contributed by atoms with van der Waals surface area (Å²) in [5, 5.41) is 2.50.